The van der Waals surface area contributed by atoms with Crippen molar-refractivity contribution in [2.75, 3.05) is 13.7 Å². The van der Waals surface area contributed by atoms with Crippen molar-refractivity contribution in [3.05, 3.63) is 22.7 Å². The summed E-state index contributed by atoms with van der Waals surface area (Å²) in [6, 6.07) is 3.46. The average molecular weight is 358 g/mol. The maximum absolute atomic E-state index is 12.0. The number of carboxylic acids is 1. The lowest BCUT2D eigenvalue weighted by Crippen LogP contribution is -2.29. The van der Waals surface area contributed by atoms with Crippen molar-refractivity contribution in [2.24, 2.45) is 5.41 Å². The van der Waals surface area contributed by atoms with Crippen molar-refractivity contribution >= 4 is 23.5 Å². The Morgan fingerprint density at radius 1 is 1.29 bits per heavy atom. The lowest BCUT2D eigenvalue weighted by Gasteiger charge is -2.21. The molecule has 0 fully saturated rings. The molecule has 1 amide bonds. The molecule has 0 saturated heterocycles. The number of hydrogen-bond donors (Lipinski definition) is 2. The summed E-state index contributed by atoms with van der Waals surface area (Å²) in [7, 11) is 1.52. The van der Waals surface area contributed by atoms with Gasteiger partial charge in [-0.05, 0) is 30.0 Å². The van der Waals surface area contributed by atoms with Gasteiger partial charge in [0.1, 0.15) is 0 Å². The fraction of sp³-hybridized carbons (Fsp3) is 0.529. The third-order valence-corrected chi connectivity index (χ3v) is 3.62. The van der Waals surface area contributed by atoms with Crippen LogP contribution in [0.25, 0.3) is 0 Å². The van der Waals surface area contributed by atoms with Crippen molar-refractivity contribution in [3.8, 4) is 11.5 Å². The summed E-state index contributed by atoms with van der Waals surface area (Å²) in [4.78, 5) is 22.8. The Morgan fingerprint density at radius 3 is 2.50 bits per heavy atom. The molecule has 0 aliphatic heterocycles. The number of nitrogens with one attached hydrogen (secondary N) is 1. The average Bonchev–Trinajstić information content (AvgIpc) is 2.45. The van der Waals surface area contributed by atoms with Gasteiger partial charge in [0.15, 0.2) is 11.5 Å². The van der Waals surface area contributed by atoms with Crippen LogP contribution in [0.2, 0.25) is 5.02 Å². The summed E-state index contributed by atoms with van der Waals surface area (Å²) in [6.07, 6.45) is 0.0598. The van der Waals surface area contributed by atoms with E-state index in [9.17, 15) is 9.59 Å². The number of amides is 1. The second-order valence-corrected chi connectivity index (χ2v) is 6.64. The normalized spacial score (nSPS) is 11.0. The Balaban J connectivity index is 2.72. The molecule has 2 N–H and O–H groups in total. The Labute approximate surface area is 147 Å². The Morgan fingerprint density at radius 2 is 1.96 bits per heavy atom. The SMILES string of the molecule is CCOc1c(Cl)cc(CNC(=O)CC(C)(C)CC(=O)O)cc1OC. The van der Waals surface area contributed by atoms with Gasteiger partial charge in [0.05, 0.1) is 25.2 Å². The van der Waals surface area contributed by atoms with Crippen LogP contribution in [0.4, 0.5) is 0 Å². The largest absolute Gasteiger partial charge is 0.493 e. The third kappa shape index (κ3) is 6.28. The van der Waals surface area contributed by atoms with E-state index in [0.717, 1.165) is 5.56 Å². The first-order chi connectivity index (χ1) is 11.2. The van der Waals surface area contributed by atoms with Gasteiger partial charge in [-0.3, -0.25) is 9.59 Å². The van der Waals surface area contributed by atoms with Crippen LogP contribution in [0.3, 0.4) is 0 Å². The fourth-order valence-corrected chi connectivity index (χ4v) is 2.62. The first kappa shape index (κ1) is 20.1. The van der Waals surface area contributed by atoms with Crippen LogP contribution in [0.5, 0.6) is 11.5 Å². The van der Waals surface area contributed by atoms with Gasteiger partial charge in [0.2, 0.25) is 5.91 Å². The molecule has 0 atom stereocenters. The maximum atomic E-state index is 12.0. The number of hydrogen-bond acceptors (Lipinski definition) is 4. The van der Waals surface area contributed by atoms with Crippen LogP contribution in [0.1, 0.15) is 39.2 Å². The van der Waals surface area contributed by atoms with Gasteiger partial charge >= 0.3 is 5.97 Å². The van der Waals surface area contributed by atoms with Crippen molar-refractivity contribution in [2.45, 2.75) is 40.2 Å². The van der Waals surface area contributed by atoms with Crippen molar-refractivity contribution in [3.63, 3.8) is 0 Å². The molecule has 7 heteroatoms. The first-order valence-corrected chi connectivity index (χ1v) is 8.04. The zero-order valence-corrected chi connectivity index (χ0v) is 15.2. The van der Waals surface area contributed by atoms with Gasteiger partial charge < -0.3 is 19.9 Å². The molecule has 0 aliphatic carbocycles. The molecule has 0 radical (unpaired) electrons. The van der Waals surface area contributed by atoms with Gasteiger partial charge in [0, 0.05) is 13.0 Å². The molecule has 0 unspecified atom stereocenters. The van der Waals surface area contributed by atoms with E-state index in [1.165, 1.54) is 7.11 Å². The number of carbonyl (C=O) groups is 2. The van der Waals surface area contributed by atoms with Gasteiger partial charge in [0.25, 0.3) is 0 Å². The van der Waals surface area contributed by atoms with Gasteiger partial charge in [-0.25, -0.2) is 0 Å². The first-order valence-electron chi connectivity index (χ1n) is 7.66. The van der Waals surface area contributed by atoms with Crippen molar-refractivity contribution in [1.29, 1.82) is 0 Å². The highest BCUT2D eigenvalue weighted by molar-refractivity contribution is 6.32. The van der Waals surface area contributed by atoms with E-state index in [0.29, 0.717) is 23.1 Å². The second-order valence-electron chi connectivity index (χ2n) is 6.23. The zero-order valence-electron chi connectivity index (χ0n) is 14.4. The van der Waals surface area contributed by atoms with Crippen LogP contribution in [-0.2, 0) is 16.1 Å². The lowest BCUT2D eigenvalue weighted by atomic mass is 9.85. The minimum absolute atomic E-state index is 0.0663. The number of carboxylic acid groups (broad SMARTS) is 1. The minimum atomic E-state index is -0.921. The molecule has 0 spiro atoms. The molecule has 0 aliphatic rings. The molecule has 0 aromatic heterocycles. The van der Waals surface area contributed by atoms with Crippen molar-refractivity contribution < 1.29 is 24.2 Å². The molecule has 134 valence electrons. The highest BCUT2D eigenvalue weighted by Crippen LogP contribution is 2.36. The second kappa shape index (κ2) is 8.78. The van der Waals surface area contributed by atoms with E-state index in [1.54, 1.807) is 26.0 Å². The van der Waals surface area contributed by atoms with Crippen molar-refractivity contribution in [1.82, 2.24) is 5.32 Å². The number of benzene rings is 1. The topological polar surface area (TPSA) is 84.9 Å². The molecule has 1 aromatic carbocycles. The van der Waals surface area contributed by atoms with Crippen LogP contribution in [0, 0.1) is 5.41 Å². The molecule has 0 heterocycles. The predicted molar refractivity (Wildman–Crippen MR) is 91.7 cm³/mol. The number of methoxy groups -OCH3 is 1. The highest BCUT2D eigenvalue weighted by atomic mass is 35.5. The number of carbonyl (C=O) groups excluding carboxylic acids is 1. The smallest absolute Gasteiger partial charge is 0.303 e. The molecule has 24 heavy (non-hydrogen) atoms. The number of rotatable bonds is 9. The summed E-state index contributed by atoms with van der Waals surface area (Å²) in [5.74, 6) is -0.166. The molecule has 0 bridgehead atoms. The summed E-state index contributed by atoms with van der Waals surface area (Å²) in [5, 5.41) is 12.0. The summed E-state index contributed by atoms with van der Waals surface area (Å²) < 4.78 is 10.7. The van der Waals surface area contributed by atoms with Crippen LogP contribution in [0.15, 0.2) is 12.1 Å². The number of halogens is 1. The standard InChI is InChI=1S/C17H24ClNO5/c1-5-24-16-12(18)6-11(7-13(16)23-4)10-19-14(20)8-17(2,3)9-15(21)22/h6-7H,5,8-10H2,1-4H3,(H,19,20)(H,21,22). The van der Waals surface area contributed by atoms with Gasteiger partial charge in [-0.2, -0.15) is 0 Å². The summed E-state index contributed by atoms with van der Waals surface area (Å²) in [6.45, 7) is 6.08. The number of aliphatic carboxylic acids is 1. The van der Waals surface area contributed by atoms with E-state index < -0.39 is 11.4 Å². The number of ether oxygens (including phenoxy) is 2. The molecule has 0 saturated carbocycles. The van der Waals surface area contributed by atoms with E-state index >= 15 is 0 Å². The quantitative estimate of drug-likeness (QED) is 0.708. The molecular weight excluding hydrogens is 334 g/mol. The van der Waals surface area contributed by atoms with Crippen LogP contribution in [-0.4, -0.2) is 30.7 Å². The molecule has 1 aromatic rings. The Hall–Kier alpha value is -1.95. The lowest BCUT2D eigenvalue weighted by molar-refractivity contribution is -0.139. The van der Waals surface area contributed by atoms with E-state index in [-0.39, 0.29) is 25.3 Å². The molecule has 1 rings (SSSR count). The van der Waals surface area contributed by atoms with Crippen LogP contribution < -0.4 is 14.8 Å². The fourth-order valence-electron chi connectivity index (χ4n) is 2.33. The Kier molecular flexibility index (Phi) is 7.35. The van der Waals surface area contributed by atoms with Gasteiger partial charge in [-0.1, -0.05) is 25.4 Å². The zero-order chi connectivity index (χ0) is 18.3. The Bertz CT molecular complexity index is 601. The molecule has 6 nitrogen and oxygen atoms in total. The third-order valence-electron chi connectivity index (χ3n) is 3.34. The van der Waals surface area contributed by atoms with Gasteiger partial charge in [-0.15, -0.1) is 0 Å². The minimum Gasteiger partial charge on any atom is -0.493 e. The molecular formula is C17H24ClNO5. The van der Waals surface area contributed by atoms with E-state index in [4.69, 9.17) is 26.2 Å². The van der Waals surface area contributed by atoms with Crippen LogP contribution >= 0.6 is 11.6 Å². The predicted octanol–water partition coefficient (Wildman–Crippen LogP) is 3.25. The maximum Gasteiger partial charge on any atom is 0.303 e. The van der Waals surface area contributed by atoms with E-state index in [1.807, 2.05) is 6.92 Å². The highest BCUT2D eigenvalue weighted by Gasteiger charge is 2.25. The summed E-state index contributed by atoms with van der Waals surface area (Å²) in [5.41, 5.74) is 0.161. The monoisotopic (exact) mass is 357 g/mol. The summed E-state index contributed by atoms with van der Waals surface area (Å²) >= 11 is 6.19. The van der Waals surface area contributed by atoms with E-state index in [2.05, 4.69) is 5.32 Å².